The van der Waals surface area contributed by atoms with E-state index >= 15 is 0 Å². The van der Waals surface area contributed by atoms with Crippen LogP contribution in [0.25, 0.3) is 0 Å². The number of esters is 2. The number of benzene rings is 4. The van der Waals surface area contributed by atoms with Gasteiger partial charge in [0.05, 0.1) is 16.8 Å². The molecule has 0 radical (unpaired) electrons. The number of aryl methyl sites for hydroxylation is 1. The number of para-hydroxylation sites is 2. The summed E-state index contributed by atoms with van der Waals surface area (Å²) in [5.41, 5.74) is 3.54. The second kappa shape index (κ2) is 10.9. The first-order valence-corrected chi connectivity index (χ1v) is 11.0. The van der Waals surface area contributed by atoms with Crippen LogP contribution >= 0.6 is 0 Å². The van der Waals surface area contributed by atoms with Crippen molar-refractivity contribution < 1.29 is 23.9 Å². The summed E-state index contributed by atoms with van der Waals surface area (Å²) in [7, 11) is 0. The molecule has 0 aliphatic heterocycles. The number of rotatable bonds is 8. The van der Waals surface area contributed by atoms with Crippen molar-refractivity contribution in [3.63, 3.8) is 0 Å². The van der Waals surface area contributed by atoms with Crippen molar-refractivity contribution in [2.24, 2.45) is 0 Å². The summed E-state index contributed by atoms with van der Waals surface area (Å²) in [5, 5.41) is 3.18. The zero-order valence-corrected chi connectivity index (χ0v) is 19.1. The molecule has 0 aliphatic rings. The quantitative estimate of drug-likeness (QED) is 0.195. The van der Waals surface area contributed by atoms with E-state index in [1.807, 2.05) is 49.4 Å². The fourth-order valence-corrected chi connectivity index (χ4v) is 3.30. The van der Waals surface area contributed by atoms with Crippen LogP contribution in [0.4, 0.5) is 11.4 Å². The highest BCUT2D eigenvalue weighted by Gasteiger charge is 2.16. The summed E-state index contributed by atoms with van der Waals surface area (Å²) in [6.07, 6.45) is 0. The van der Waals surface area contributed by atoms with Gasteiger partial charge in [-0.05, 0) is 67.6 Å². The Morgan fingerprint density at radius 2 is 1.31 bits per heavy atom. The molecule has 0 bridgehead atoms. The summed E-state index contributed by atoms with van der Waals surface area (Å²) in [5.74, 6) is -1.16. The molecular weight excluding hydrogens is 442 g/mol. The topological polar surface area (TPSA) is 81.7 Å². The Balaban J connectivity index is 1.34. The highest BCUT2D eigenvalue weighted by molar-refractivity contribution is 6.01. The number of hydrogen-bond acceptors (Lipinski definition) is 6. The Morgan fingerprint density at radius 3 is 2.03 bits per heavy atom. The van der Waals surface area contributed by atoms with Crippen LogP contribution in [0, 0.1) is 6.92 Å². The van der Waals surface area contributed by atoms with Gasteiger partial charge < -0.3 is 14.8 Å². The van der Waals surface area contributed by atoms with E-state index in [0.29, 0.717) is 28.1 Å². The van der Waals surface area contributed by atoms with Crippen LogP contribution in [-0.4, -0.2) is 24.3 Å². The summed E-state index contributed by atoms with van der Waals surface area (Å²) in [4.78, 5) is 37.4. The van der Waals surface area contributed by atoms with E-state index in [1.54, 1.807) is 36.4 Å². The molecule has 0 atom stereocenters. The lowest BCUT2D eigenvalue weighted by molar-refractivity contribution is 0.0475. The third-order valence-corrected chi connectivity index (χ3v) is 5.21. The van der Waals surface area contributed by atoms with E-state index < -0.39 is 18.5 Å². The Bertz CT molecular complexity index is 1330. The number of hydrogen-bond donors (Lipinski definition) is 1. The minimum Gasteiger partial charge on any atom is -0.454 e. The molecule has 0 aromatic heterocycles. The maximum Gasteiger partial charge on any atom is 0.343 e. The Labute approximate surface area is 203 Å². The molecule has 35 heavy (non-hydrogen) atoms. The molecule has 0 aliphatic carbocycles. The number of carbonyl (C=O) groups is 3. The Kier molecular flexibility index (Phi) is 7.33. The van der Waals surface area contributed by atoms with Gasteiger partial charge in [-0.15, -0.1) is 0 Å². The first-order chi connectivity index (χ1) is 17.0. The highest BCUT2D eigenvalue weighted by atomic mass is 16.5. The number of anilines is 2. The van der Waals surface area contributed by atoms with E-state index in [1.165, 1.54) is 24.3 Å². The van der Waals surface area contributed by atoms with E-state index in [9.17, 15) is 14.4 Å². The van der Waals surface area contributed by atoms with Crippen molar-refractivity contribution in [1.29, 1.82) is 0 Å². The van der Waals surface area contributed by atoms with Gasteiger partial charge in [-0.2, -0.15) is 0 Å². The predicted octanol–water partition coefficient (Wildman–Crippen LogP) is 6.00. The lowest BCUT2D eigenvalue weighted by Gasteiger charge is -2.11. The first kappa shape index (κ1) is 23.4. The standard InChI is InChI=1S/C29H23NO5/c1-20-11-13-22(14-12-20)28(32)35-24-17-15-21(16-18-24)27(31)19-34-29(33)25-9-5-6-10-26(25)30-23-7-3-2-4-8-23/h2-18,30H,19H2,1H3. The zero-order valence-electron chi connectivity index (χ0n) is 19.1. The van der Waals surface area contributed by atoms with Gasteiger partial charge in [0, 0.05) is 11.3 Å². The number of Topliss-reactive ketones (excluding diaryl/α,β-unsaturated/α-hetero) is 1. The molecule has 0 amide bonds. The van der Waals surface area contributed by atoms with E-state index in [-0.39, 0.29) is 5.78 Å². The van der Waals surface area contributed by atoms with Crippen LogP contribution in [0.2, 0.25) is 0 Å². The molecule has 174 valence electrons. The molecular formula is C29H23NO5. The van der Waals surface area contributed by atoms with Gasteiger partial charge in [0.15, 0.2) is 12.4 Å². The third kappa shape index (κ3) is 6.21. The van der Waals surface area contributed by atoms with E-state index in [4.69, 9.17) is 9.47 Å². The molecule has 0 spiro atoms. The molecule has 0 unspecified atom stereocenters. The van der Waals surface area contributed by atoms with Gasteiger partial charge in [0.1, 0.15) is 5.75 Å². The van der Waals surface area contributed by atoms with Crippen molar-refractivity contribution in [1.82, 2.24) is 0 Å². The fourth-order valence-electron chi connectivity index (χ4n) is 3.30. The van der Waals surface area contributed by atoms with Crippen molar-refractivity contribution in [2.45, 2.75) is 6.92 Å². The minimum absolute atomic E-state index is 0.310. The van der Waals surface area contributed by atoms with Crippen molar-refractivity contribution in [3.8, 4) is 5.75 Å². The van der Waals surface area contributed by atoms with Crippen LogP contribution in [-0.2, 0) is 4.74 Å². The summed E-state index contributed by atoms with van der Waals surface area (Å²) in [6.45, 7) is 1.52. The van der Waals surface area contributed by atoms with Crippen LogP contribution in [0.15, 0.2) is 103 Å². The van der Waals surface area contributed by atoms with Gasteiger partial charge in [-0.1, -0.05) is 48.0 Å². The SMILES string of the molecule is Cc1ccc(C(=O)Oc2ccc(C(=O)COC(=O)c3ccccc3Nc3ccccc3)cc2)cc1. The number of carbonyl (C=O) groups excluding carboxylic acids is 3. The summed E-state index contributed by atoms with van der Waals surface area (Å²) in [6, 6.07) is 29.5. The molecule has 6 nitrogen and oxygen atoms in total. The van der Waals surface area contributed by atoms with Crippen molar-refractivity contribution >= 4 is 29.1 Å². The molecule has 0 fully saturated rings. The van der Waals surface area contributed by atoms with Crippen LogP contribution in [0.5, 0.6) is 5.75 Å². The largest absolute Gasteiger partial charge is 0.454 e. The second-order valence-electron chi connectivity index (χ2n) is 7.82. The van der Waals surface area contributed by atoms with E-state index in [0.717, 1.165) is 11.3 Å². The van der Waals surface area contributed by atoms with E-state index in [2.05, 4.69) is 5.32 Å². The third-order valence-electron chi connectivity index (χ3n) is 5.21. The molecule has 0 heterocycles. The van der Waals surface area contributed by atoms with Gasteiger partial charge in [0.25, 0.3) is 0 Å². The van der Waals surface area contributed by atoms with Gasteiger partial charge in [-0.25, -0.2) is 9.59 Å². The predicted molar refractivity (Wildman–Crippen MR) is 133 cm³/mol. The average molecular weight is 466 g/mol. The van der Waals surface area contributed by atoms with Crippen LogP contribution in [0.1, 0.15) is 36.6 Å². The summed E-state index contributed by atoms with van der Waals surface area (Å²) < 4.78 is 10.6. The average Bonchev–Trinajstić information content (AvgIpc) is 2.89. The fraction of sp³-hybridized carbons (Fsp3) is 0.0690. The Morgan fingerprint density at radius 1 is 0.686 bits per heavy atom. The first-order valence-electron chi connectivity index (χ1n) is 11.0. The van der Waals surface area contributed by atoms with Gasteiger partial charge in [-0.3, -0.25) is 4.79 Å². The number of nitrogens with one attached hydrogen (secondary N) is 1. The molecule has 6 heteroatoms. The summed E-state index contributed by atoms with van der Waals surface area (Å²) >= 11 is 0. The number of ether oxygens (including phenoxy) is 2. The maximum atomic E-state index is 12.7. The van der Waals surface area contributed by atoms with Crippen molar-refractivity contribution in [2.75, 3.05) is 11.9 Å². The van der Waals surface area contributed by atoms with Crippen LogP contribution in [0.3, 0.4) is 0 Å². The molecule has 4 aromatic carbocycles. The zero-order chi connectivity index (χ0) is 24.6. The molecule has 0 saturated carbocycles. The van der Waals surface area contributed by atoms with Gasteiger partial charge in [0.2, 0.25) is 0 Å². The molecule has 4 rings (SSSR count). The lowest BCUT2D eigenvalue weighted by Crippen LogP contribution is -2.15. The molecule has 1 N–H and O–H groups in total. The molecule has 4 aromatic rings. The van der Waals surface area contributed by atoms with Gasteiger partial charge >= 0.3 is 11.9 Å². The monoisotopic (exact) mass is 465 g/mol. The molecule has 0 saturated heterocycles. The smallest absolute Gasteiger partial charge is 0.343 e. The normalized spacial score (nSPS) is 10.3. The van der Waals surface area contributed by atoms with Crippen molar-refractivity contribution in [3.05, 3.63) is 125 Å². The maximum absolute atomic E-state index is 12.7. The lowest BCUT2D eigenvalue weighted by atomic mass is 10.1. The minimum atomic E-state index is -0.610. The highest BCUT2D eigenvalue weighted by Crippen LogP contribution is 2.22. The Hall–Kier alpha value is -4.71. The second-order valence-corrected chi connectivity index (χ2v) is 7.82. The van der Waals surface area contributed by atoms with Crippen LogP contribution < -0.4 is 10.1 Å². The number of ketones is 1.